The molecule has 0 bridgehead atoms. The first kappa shape index (κ1) is 17.7. The molecule has 0 aliphatic rings. The molecule has 0 aliphatic heterocycles. The van der Waals surface area contributed by atoms with Crippen molar-refractivity contribution in [1.29, 1.82) is 0 Å². The Morgan fingerprint density at radius 3 is 2.82 bits per heavy atom. The zero-order valence-corrected chi connectivity index (χ0v) is 14.8. The molecule has 6 heteroatoms. The molecule has 1 unspecified atom stereocenters. The predicted molar refractivity (Wildman–Crippen MR) is 94.8 cm³/mol. The number of benzene rings is 1. The molecule has 3 nitrogen and oxygen atoms in total. The normalized spacial score (nSPS) is 14.0. The van der Waals surface area contributed by atoms with Gasteiger partial charge in [-0.2, -0.15) is 11.8 Å². The lowest BCUT2D eigenvalue weighted by molar-refractivity contribution is 0.0435. The van der Waals surface area contributed by atoms with Crippen molar-refractivity contribution in [1.82, 2.24) is 9.55 Å². The number of unbranched alkanes of at least 4 members (excludes halogenated alkanes) is 1. The minimum absolute atomic E-state index is 0.410. The second-order valence-electron chi connectivity index (χ2n) is 5.30. The molecular formula is C16H20Cl2N2OS. The number of thioether (sulfide) groups is 1. The lowest BCUT2D eigenvalue weighted by atomic mass is 9.95. The summed E-state index contributed by atoms with van der Waals surface area (Å²) in [7, 11) is 0. The van der Waals surface area contributed by atoms with E-state index < -0.39 is 5.60 Å². The van der Waals surface area contributed by atoms with Crippen LogP contribution in [0.2, 0.25) is 10.0 Å². The van der Waals surface area contributed by atoms with E-state index in [0.717, 1.165) is 18.6 Å². The van der Waals surface area contributed by atoms with Crippen LogP contribution in [-0.4, -0.2) is 26.2 Å². The van der Waals surface area contributed by atoms with Crippen molar-refractivity contribution in [2.75, 3.05) is 11.5 Å². The summed E-state index contributed by atoms with van der Waals surface area (Å²) in [5, 5.41) is 12.3. The highest BCUT2D eigenvalue weighted by Gasteiger charge is 2.32. The lowest BCUT2D eigenvalue weighted by Gasteiger charge is -2.30. The van der Waals surface area contributed by atoms with Crippen LogP contribution in [0.3, 0.4) is 0 Å². The Balaban J connectivity index is 2.23. The Labute approximate surface area is 145 Å². The van der Waals surface area contributed by atoms with Gasteiger partial charge in [-0.1, -0.05) is 42.6 Å². The van der Waals surface area contributed by atoms with Gasteiger partial charge in [-0.15, -0.1) is 0 Å². The minimum atomic E-state index is -1.05. The highest BCUT2D eigenvalue weighted by molar-refractivity contribution is 7.99. The van der Waals surface area contributed by atoms with E-state index >= 15 is 0 Å². The molecule has 0 amide bonds. The maximum Gasteiger partial charge on any atom is 0.118 e. The maximum absolute atomic E-state index is 11.2. The van der Waals surface area contributed by atoms with Gasteiger partial charge in [0, 0.05) is 33.8 Å². The van der Waals surface area contributed by atoms with Gasteiger partial charge in [-0.25, -0.2) is 4.98 Å². The molecule has 2 aromatic rings. The van der Waals surface area contributed by atoms with Crippen LogP contribution in [0.25, 0.3) is 0 Å². The van der Waals surface area contributed by atoms with Crippen LogP contribution in [0.4, 0.5) is 0 Å². The van der Waals surface area contributed by atoms with Crippen LogP contribution in [0, 0.1) is 0 Å². The van der Waals surface area contributed by atoms with Gasteiger partial charge in [0.2, 0.25) is 0 Å². The summed E-state index contributed by atoms with van der Waals surface area (Å²) in [4.78, 5) is 4.04. The van der Waals surface area contributed by atoms with Gasteiger partial charge in [0.15, 0.2) is 0 Å². The molecule has 1 N–H and O–H groups in total. The number of hydrogen-bond acceptors (Lipinski definition) is 3. The first-order valence-electron chi connectivity index (χ1n) is 7.26. The Bertz CT molecular complexity index is 592. The average Bonchev–Trinajstić information content (AvgIpc) is 2.96. The third kappa shape index (κ3) is 4.66. The van der Waals surface area contributed by atoms with E-state index in [1.165, 1.54) is 0 Å². The van der Waals surface area contributed by atoms with Gasteiger partial charge in [0.1, 0.15) is 5.60 Å². The molecule has 120 valence electrons. The number of rotatable bonds is 8. The van der Waals surface area contributed by atoms with Crippen molar-refractivity contribution < 1.29 is 5.11 Å². The van der Waals surface area contributed by atoms with Crippen LogP contribution >= 0.6 is 35.0 Å². The van der Waals surface area contributed by atoms with E-state index in [1.807, 2.05) is 16.8 Å². The van der Waals surface area contributed by atoms with Gasteiger partial charge in [0.25, 0.3) is 0 Å². The van der Waals surface area contributed by atoms with Crippen molar-refractivity contribution in [3.8, 4) is 0 Å². The number of hydrogen-bond donors (Lipinski definition) is 1. The van der Waals surface area contributed by atoms with E-state index in [2.05, 4.69) is 11.9 Å². The fourth-order valence-corrected chi connectivity index (χ4v) is 4.05. The summed E-state index contributed by atoms with van der Waals surface area (Å²) in [6.07, 6.45) is 7.53. The van der Waals surface area contributed by atoms with Crippen LogP contribution in [0.1, 0.15) is 25.3 Å². The molecular weight excluding hydrogens is 339 g/mol. The first-order valence-corrected chi connectivity index (χ1v) is 9.17. The number of aliphatic hydroxyl groups is 1. The molecule has 0 saturated heterocycles. The third-order valence-electron chi connectivity index (χ3n) is 3.42. The van der Waals surface area contributed by atoms with Crippen LogP contribution in [-0.2, 0) is 12.1 Å². The van der Waals surface area contributed by atoms with Gasteiger partial charge in [-0.3, -0.25) is 0 Å². The van der Waals surface area contributed by atoms with Crippen LogP contribution in [0.5, 0.6) is 0 Å². The Morgan fingerprint density at radius 2 is 2.18 bits per heavy atom. The molecule has 0 spiro atoms. The Kier molecular flexibility index (Phi) is 6.63. The highest BCUT2D eigenvalue weighted by atomic mass is 35.5. The molecule has 0 radical (unpaired) electrons. The highest BCUT2D eigenvalue weighted by Crippen LogP contribution is 2.34. The Hall–Kier alpha value is -0.680. The van der Waals surface area contributed by atoms with E-state index in [1.54, 1.807) is 36.4 Å². The molecule has 1 aromatic carbocycles. The maximum atomic E-state index is 11.2. The van der Waals surface area contributed by atoms with Crippen LogP contribution in [0.15, 0.2) is 36.9 Å². The molecule has 1 heterocycles. The molecule has 1 atom stereocenters. The quantitative estimate of drug-likeness (QED) is 0.700. The lowest BCUT2D eigenvalue weighted by Crippen LogP contribution is -2.34. The SMILES string of the molecule is CCCCSCC(O)(Cn1ccnc1)c1ccc(Cl)cc1Cl. The van der Waals surface area contributed by atoms with Crippen molar-refractivity contribution in [3.05, 3.63) is 52.5 Å². The molecule has 0 saturated carbocycles. The van der Waals surface area contributed by atoms with E-state index in [-0.39, 0.29) is 0 Å². The Morgan fingerprint density at radius 1 is 1.36 bits per heavy atom. The van der Waals surface area contributed by atoms with Crippen molar-refractivity contribution in [2.45, 2.75) is 31.9 Å². The van der Waals surface area contributed by atoms with Gasteiger partial charge in [0.05, 0.1) is 12.9 Å². The van der Waals surface area contributed by atoms with E-state index in [9.17, 15) is 5.11 Å². The summed E-state index contributed by atoms with van der Waals surface area (Å²) >= 11 is 14.0. The second kappa shape index (κ2) is 8.25. The number of nitrogens with zero attached hydrogens (tertiary/aromatic N) is 2. The zero-order valence-electron chi connectivity index (χ0n) is 12.5. The first-order chi connectivity index (χ1) is 10.5. The fourth-order valence-electron chi connectivity index (χ4n) is 2.25. The molecule has 0 aliphatic carbocycles. The number of aromatic nitrogens is 2. The van der Waals surface area contributed by atoms with Crippen molar-refractivity contribution in [2.24, 2.45) is 0 Å². The van der Waals surface area contributed by atoms with Crippen molar-refractivity contribution in [3.63, 3.8) is 0 Å². The largest absolute Gasteiger partial charge is 0.382 e. The summed E-state index contributed by atoms with van der Waals surface area (Å²) < 4.78 is 1.87. The topological polar surface area (TPSA) is 38.0 Å². The van der Waals surface area contributed by atoms with Gasteiger partial charge in [-0.05, 0) is 24.3 Å². The van der Waals surface area contributed by atoms with Gasteiger partial charge < -0.3 is 9.67 Å². The van der Waals surface area contributed by atoms with Gasteiger partial charge >= 0.3 is 0 Å². The predicted octanol–water partition coefficient (Wildman–Crippen LogP) is 4.61. The summed E-state index contributed by atoms with van der Waals surface area (Å²) in [5.74, 6) is 1.60. The summed E-state index contributed by atoms with van der Waals surface area (Å²) in [6, 6.07) is 5.24. The van der Waals surface area contributed by atoms with E-state index in [0.29, 0.717) is 27.9 Å². The molecule has 0 fully saturated rings. The average molecular weight is 359 g/mol. The summed E-state index contributed by atoms with van der Waals surface area (Å²) in [5.41, 5.74) is -0.350. The summed E-state index contributed by atoms with van der Waals surface area (Å²) in [6.45, 7) is 2.57. The van der Waals surface area contributed by atoms with Crippen molar-refractivity contribution >= 4 is 35.0 Å². The standard InChI is InChI=1S/C16H20Cl2N2OS/c1-2-3-8-22-11-16(21,10-20-7-6-19-12-20)14-5-4-13(17)9-15(14)18/h4-7,9,12,21H,2-3,8,10-11H2,1H3. The smallest absolute Gasteiger partial charge is 0.118 e. The third-order valence-corrected chi connectivity index (χ3v) is 5.23. The second-order valence-corrected chi connectivity index (χ2v) is 7.25. The number of halogens is 2. The zero-order chi connectivity index (χ0) is 16.0. The molecule has 22 heavy (non-hydrogen) atoms. The molecule has 2 rings (SSSR count). The minimum Gasteiger partial charge on any atom is -0.382 e. The van der Waals surface area contributed by atoms with E-state index in [4.69, 9.17) is 23.2 Å². The van der Waals surface area contributed by atoms with Crippen LogP contribution < -0.4 is 0 Å². The number of imidazole rings is 1. The fraction of sp³-hybridized carbons (Fsp3) is 0.438. The monoisotopic (exact) mass is 358 g/mol. The molecule has 1 aromatic heterocycles.